The molecular weight excluding hydrogens is 831 g/mol. The second-order valence-electron chi connectivity index (χ2n) is 17.0. The summed E-state index contributed by atoms with van der Waals surface area (Å²) in [5, 5.41) is 4.38. The van der Waals surface area contributed by atoms with E-state index in [2.05, 4.69) is 193 Å². The fraction of sp³-hybridized carbons (Fsp3) is 0. The number of aromatic nitrogens is 5. The van der Waals surface area contributed by atoms with Crippen LogP contribution in [0.15, 0.2) is 241 Å². The average Bonchev–Trinajstić information content (AvgIpc) is 3.99. The summed E-state index contributed by atoms with van der Waals surface area (Å²) in [4.78, 5) is 20.8. The first-order valence-electron chi connectivity index (χ1n) is 22.8. The number of para-hydroxylation sites is 2. The highest BCUT2D eigenvalue weighted by Crippen LogP contribution is 2.47. The van der Waals surface area contributed by atoms with Crippen molar-refractivity contribution in [1.29, 1.82) is 0 Å². The molecule has 0 spiro atoms. The smallest absolute Gasteiger partial charge is 0.164 e. The van der Waals surface area contributed by atoms with Gasteiger partial charge in [0.25, 0.3) is 0 Å². The summed E-state index contributed by atoms with van der Waals surface area (Å²) in [6.07, 6.45) is 0. The maximum Gasteiger partial charge on any atom is 0.164 e. The number of hydrogen-bond donors (Lipinski definition) is 0. The largest absolute Gasteiger partial charge is 0.455 e. The lowest BCUT2D eigenvalue weighted by molar-refractivity contribution is 0.636. The molecular formula is C62H39N5O. The number of nitrogens with zero attached hydrogens (tertiary/aromatic N) is 5. The predicted octanol–water partition coefficient (Wildman–Crippen LogP) is 15.9. The highest BCUT2D eigenvalue weighted by molar-refractivity contribution is 6.17. The van der Waals surface area contributed by atoms with E-state index < -0.39 is 0 Å². The van der Waals surface area contributed by atoms with Crippen LogP contribution in [-0.4, -0.2) is 24.5 Å². The van der Waals surface area contributed by atoms with Crippen LogP contribution in [0.5, 0.6) is 0 Å². The first-order valence-corrected chi connectivity index (χ1v) is 22.8. The van der Waals surface area contributed by atoms with E-state index in [9.17, 15) is 0 Å². The Morgan fingerprint density at radius 3 is 1.44 bits per heavy atom. The van der Waals surface area contributed by atoms with Crippen molar-refractivity contribution in [2.75, 3.05) is 0 Å². The van der Waals surface area contributed by atoms with Crippen molar-refractivity contribution in [3.8, 4) is 84.7 Å². The minimum atomic E-state index is 0.596. The predicted molar refractivity (Wildman–Crippen MR) is 277 cm³/mol. The Balaban J connectivity index is 0.918. The van der Waals surface area contributed by atoms with Gasteiger partial charge in [0, 0.05) is 55.2 Å². The fourth-order valence-corrected chi connectivity index (χ4v) is 9.64. The van der Waals surface area contributed by atoms with Crippen LogP contribution in [0.2, 0.25) is 0 Å². The van der Waals surface area contributed by atoms with Crippen LogP contribution < -0.4 is 0 Å². The van der Waals surface area contributed by atoms with E-state index in [1.165, 1.54) is 10.8 Å². The minimum absolute atomic E-state index is 0.596. The zero-order valence-electron chi connectivity index (χ0n) is 36.7. The third-order valence-corrected chi connectivity index (χ3v) is 12.9. The third kappa shape index (κ3) is 6.74. The van der Waals surface area contributed by atoms with Crippen LogP contribution >= 0.6 is 0 Å². The molecule has 13 aromatic rings. The molecule has 0 atom stereocenters. The molecule has 318 valence electrons. The normalized spacial score (nSPS) is 11.5. The van der Waals surface area contributed by atoms with Crippen LogP contribution in [0.4, 0.5) is 0 Å². The number of furan rings is 1. The van der Waals surface area contributed by atoms with Gasteiger partial charge in [-0.3, -0.25) is 0 Å². The quantitative estimate of drug-likeness (QED) is 0.152. The van der Waals surface area contributed by atoms with Crippen LogP contribution in [-0.2, 0) is 0 Å². The number of fused-ring (bicyclic) bond motifs is 6. The van der Waals surface area contributed by atoms with Gasteiger partial charge in [0.15, 0.2) is 17.5 Å². The second-order valence-corrected chi connectivity index (χ2v) is 17.0. The molecule has 0 fully saturated rings. The molecule has 68 heavy (non-hydrogen) atoms. The standard InChI is InChI=1S/C62H39N5O/c1-5-18-41(19-6-1)55-56-57(42-20-7-2-8-21-42)63-52-39-46(36-37-51(52)59(56)68-58(55)43-22-9-3-10-23-43)40-32-34-45(35-33-40)61-64-60(44-24-11-4-12-25-44)65-62(66-61)47-26-17-27-48(38-47)67-53-30-15-13-28-49(53)50-29-14-16-31-54(50)67/h1-39H. The highest BCUT2D eigenvalue weighted by Gasteiger charge is 2.25. The van der Waals surface area contributed by atoms with E-state index in [4.69, 9.17) is 24.4 Å². The summed E-state index contributed by atoms with van der Waals surface area (Å²) in [6.45, 7) is 0. The van der Waals surface area contributed by atoms with Crippen molar-refractivity contribution >= 4 is 43.7 Å². The Bertz CT molecular complexity index is 3940. The van der Waals surface area contributed by atoms with E-state index in [0.717, 1.165) is 100 Å². The molecule has 6 nitrogen and oxygen atoms in total. The average molecular weight is 870 g/mol. The SMILES string of the molecule is c1ccc(-c2nc(-c3ccc(-c4ccc5c(c4)nc(-c4ccccc4)c4c(-c6ccccc6)c(-c6ccccc6)oc45)cc3)nc(-c3cccc(-n4c5ccccc5c5ccccc54)c3)n2)cc1. The van der Waals surface area contributed by atoms with Gasteiger partial charge < -0.3 is 8.98 Å². The Labute approximate surface area is 392 Å². The minimum Gasteiger partial charge on any atom is -0.455 e. The zero-order chi connectivity index (χ0) is 45.0. The number of rotatable bonds is 8. The summed E-state index contributed by atoms with van der Waals surface area (Å²) >= 11 is 0. The maximum absolute atomic E-state index is 7.01. The molecule has 0 saturated heterocycles. The van der Waals surface area contributed by atoms with Crippen LogP contribution in [0.3, 0.4) is 0 Å². The molecule has 0 aliphatic carbocycles. The molecule has 6 heteroatoms. The monoisotopic (exact) mass is 869 g/mol. The first-order chi connectivity index (χ1) is 33.7. The van der Waals surface area contributed by atoms with E-state index in [1.807, 2.05) is 48.5 Å². The molecule has 0 bridgehead atoms. The van der Waals surface area contributed by atoms with Crippen LogP contribution in [0, 0.1) is 0 Å². The van der Waals surface area contributed by atoms with Crippen molar-refractivity contribution in [1.82, 2.24) is 24.5 Å². The Kier molecular flexibility index (Phi) is 9.39. The van der Waals surface area contributed by atoms with Crippen molar-refractivity contribution in [2.45, 2.75) is 0 Å². The molecule has 0 unspecified atom stereocenters. The molecule has 4 aromatic heterocycles. The zero-order valence-corrected chi connectivity index (χ0v) is 36.7. The molecule has 9 aromatic carbocycles. The number of hydrogen-bond acceptors (Lipinski definition) is 5. The summed E-state index contributed by atoms with van der Waals surface area (Å²) in [5.41, 5.74) is 14.8. The van der Waals surface area contributed by atoms with Crippen molar-refractivity contribution in [2.24, 2.45) is 0 Å². The lowest BCUT2D eigenvalue weighted by Gasteiger charge is -2.12. The molecule has 0 aliphatic heterocycles. The van der Waals surface area contributed by atoms with E-state index in [0.29, 0.717) is 17.5 Å². The molecule has 0 amide bonds. The Morgan fingerprint density at radius 2 is 0.809 bits per heavy atom. The van der Waals surface area contributed by atoms with E-state index in [-0.39, 0.29) is 0 Å². The van der Waals surface area contributed by atoms with Gasteiger partial charge in [0.2, 0.25) is 0 Å². The van der Waals surface area contributed by atoms with Crippen molar-refractivity contribution < 1.29 is 4.42 Å². The van der Waals surface area contributed by atoms with Gasteiger partial charge in [-0.25, -0.2) is 19.9 Å². The summed E-state index contributed by atoms with van der Waals surface area (Å²) in [5.74, 6) is 2.64. The summed E-state index contributed by atoms with van der Waals surface area (Å²) in [7, 11) is 0. The number of benzene rings is 9. The highest BCUT2D eigenvalue weighted by atomic mass is 16.3. The molecule has 0 radical (unpaired) electrons. The van der Waals surface area contributed by atoms with Crippen molar-refractivity contribution in [3.05, 3.63) is 237 Å². The summed E-state index contributed by atoms with van der Waals surface area (Å²) < 4.78 is 9.33. The van der Waals surface area contributed by atoms with Crippen LogP contribution in [0.25, 0.3) is 128 Å². The Morgan fingerprint density at radius 1 is 0.324 bits per heavy atom. The van der Waals surface area contributed by atoms with Gasteiger partial charge in [-0.1, -0.05) is 200 Å². The maximum atomic E-state index is 7.01. The van der Waals surface area contributed by atoms with E-state index >= 15 is 0 Å². The topological polar surface area (TPSA) is 69.6 Å². The lowest BCUT2D eigenvalue weighted by atomic mass is 9.94. The molecule has 0 saturated carbocycles. The molecule has 13 rings (SSSR count). The molecule has 0 aliphatic rings. The number of pyridine rings is 1. The van der Waals surface area contributed by atoms with Gasteiger partial charge in [-0.15, -0.1) is 0 Å². The van der Waals surface area contributed by atoms with Crippen molar-refractivity contribution in [3.63, 3.8) is 0 Å². The lowest BCUT2D eigenvalue weighted by Crippen LogP contribution is -2.01. The van der Waals surface area contributed by atoms with Gasteiger partial charge in [-0.2, -0.15) is 0 Å². The first kappa shape index (κ1) is 39.1. The van der Waals surface area contributed by atoms with Gasteiger partial charge in [0.1, 0.15) is 11.3 Å². The molecule has 0 N–H and O–H groups in total. The van der Waals surface area contributed by atoms with Gasteiger partial charge in [-0.05, 0) is 53.1 Å². The van der Waals surface area contributed by atoms with Crippen LogP contribution in [0.1, 0.15) is 0 Å². The van der Waals surface area contributed by atoms with Gasteiger partial charge >= 0.3 is 0 Å². The third-order valence-electron chi connectivity index (χ3n) is 12.9. The van der Waals surface area contributed by atoms with E-state index in [1.54, 1.807) is 0 Å². The Hall–Kier alpha value is -9.26. The molecule has 4 heterocycles. The van der Waals surface area contributed by atoms with Gasteiger partial charge in [0.05, 0.1) is 27.6 Å². The summed E-state index contributed by atoms with van der Waals surface area (Å²) in [6, 6.07) is 81.9. The fourth-order valence-electron chi connectivity index (χ4n) is 9.64. The second kappa shape index (κ2) is 16.3.